The lowest BCUT2D eigenvalue weighted by atomic mass is 9.62. The van der Waals surface area contributed by atoms with E-state index >= 15 is 4.39 Å². The third-order valence-corrected chi connectivity index (χ3v) is 9.38. The number of nitrogens with one attached hydrogen (secondary N) is 1. The summed E-state index contributed by atoms with van der Waals surface area (Å²) < 4.78 is 22.2. The van der Waals surface area contributed by atoms with Crippen LogP contribution in [0.4, 0.5) is 10.2 Å². The van der Waals surface area contributed by atoms with Crippen LogP contribution in [0.2, 0.25) is 0 Å². The minimum atomic E-state index is -1.66. The third-order valence-electron chi connectivity index (χ3n) is 9.38. The zero-order valence-corrected chi connectivity index (χ0v) is 25.2. The summed E-state index contributed by atoms with van der Waals surface area (Å²) in [7, 11) is 3.39. The van der Waals surface area contributed by atoms with Crippen molar-refractivity contribution in [2.75, 3.05) is 51.8 Å². The zero-order chi connectivity index (χ0) is 30.1. The second kappa shape index (κ2) is 11.7. The van der Waals surface area contributed by atoms with Gasteiger partial charge >= 0.3 is 5.88 Å². The van der Waals surface area contributed by atoms with E-state index in [4.69, 9.17) is 9.57 Å². The van der Waals surface area contributed by atoms with Crippen molar-refractivity contribution in [1.82, 2.24) is 30.5 Å². The van der Waals surface area contributed by atoms with Crippen molar-refractivity contribution in [2.45, 2.75) is 70.1 Å². The van der Waals surface area contributed by atoms with Crippen LogP contribution in [-0.2, 0) is 9.53 Å². The molecule has 1 N–H and O–H groups in total. The summed E-state index contributed by atoms with van der Waals surface area (Å²) in [4.78, 5) is 41.2. The van der Waals surface area contributed by atoms with Crippen LogP contribution < -0.4 is 15.2 Å². The van der Waals surface area contributed by atoms with Crippen molar-refractivity contribution in [3.63, 3.8) is 0 Å². The first-order chi connectivity index (χ1) is 20.1. The first kappa shape index (κ1) is 30.1. The number of rotatable bonds is 11. The number of methoxy groups -OCH3 is 1. The maximum atomic E-state index is 17.1. The van der Waals surface area contributed by atoms with Crippen LogP contribution in [0.1, 0.15) is 75.0 Å². The van der Waals surface area contributed by atoms with E-state index in [1.54, 1.807) is 29.2 Å². The van der Waals surface area contributed by atoms with Crippen molar-refractivity contribution >= 4 is 17.6 Å². The molecule has 11 nitrogen and oxygen atoms in total. The molecule has 2 amide bonds. The highest BCUT2D eigenvalue weighted by atomic mass is 19.1. The largest absolute Gasteiger partial charge is 0.375 e. The monoisotopic (exact) mass is 583 g/mol. The topological polar surface area (TPSA) is 113 Å². The van der Waals surface area contributed by atoms with Crippen LogP contribution in [0.25, 0.3) is 0 Å². The molecule has 1 atom stereocenters. The molecular weight excluding hydrogens is 541 g/mol. The zero-order valence-electron chi connectivity index (χ0n) is 25.2. The van der Waals surface area contributed by atoms with E-state index in [2.05, 4.69) is 25.6 Å². The van der Waals surface area contributed by atoms with Gasteiger partial charge in [-0.3, -0.25) is 9.59 Å². The summed E-state index contributed by atoms with van der Waals surface area (Å²) >= 11 is 0. The van der Waals surface area contributed by atoms with Crippen LogP contribution in [-0.4, -0.2) is 95.1 Å². The van der Waals surface area contributed by atoms with Crippen molar-refractivity contribution in [2.24, 2.45) is 5.41 Å². The first-order valence-corrected chi connectivity index (χ1v) is 14.8. The number of halogens is 1. The number of anilines is 1. The van der Waals surface area contributed by atoms with Gasteiger partial charge < -0.3 is 24.3 Å². The molecule has 3 aliphatic rings. The maximum Gasteiger partial charge on any atom is 0.307 e. The van der Waals surface area contributed by atoms with E-state index in [1.807, 2.05) is 38.8 Å². The van der Waals surface area contributed by atoms with E-state index in [0.29, 0.717) is 30.8 Å². The molecule has 1 aromatic carbocycles. The molecule has 3 fully saturated rings. The molecule has 1 aromatic heterocycles. The number of benzene rings is 1. The van der Waals surface area contributed by atoms with Crippen LogP contribution in [0, 0.1) is 5.41 Å². The Bertz CT molecular complexity index is 1280. The number of carbonyl (C=O) groups is 2. The van der Waals surface area contributed by atoms with Gasteiger partial charge in [0, 0.05) is 44.1 Å². The molecule has 5 rings (SSSR count). The highest BCUT2D eigenvalue weighted by molar-refractivity contribution is 5.93. The molecule has 1 saturated carbocycles. The fraction of sp³-hybridized carbons (Fsp3) is 0.633. The molecular formula is C30H42FN7O4. The van der Waals surface area contributed by atoms with Crippen molar-refractivity contribution in [3.05, 3.63) is 41.7 Å². The van der Waals surface area contributed by atoms with E-state index in [-0.39, 0.29) is 42.1 Å². The van der Waals surface area contributed by atoms with Gasteiger partial charge in [-0.25, -0.2) is 9.37 Å². The Balaban J connectivity index is 1.29. The number of hydroxylamine groups is 1. The number of alkyl halides is 1. The van der Waals surface area contributed by atoms with Crippen molar-refractivity contribution < 1.29 is 23.6 Å². The highest BCUT2D eigenvalue weighted by Gasteiger charge is 2.66. The summed E-state index contributed by atoms with van der Waals surface area (Å²) in [5, 5.41) is 8.36. The van der Waals surface area contributed by atoms with Gasteiger partial charge in [-0.05, 0) is 57.3 Å². The smallest absolute Gasteiger partial charge is 0.307 e. The summed E-state index contributed by atoms with van der Waals surface area (Å²) in [5.74, 6) is -1.46. The second-order valence-corrected chi connectivity index (χ2v) is 12.2. The number of amides is 2. The lowest BCUT2D eigenvalue weighted by Gasteiger charge is -2.64. The molecule has 2 aromatic rings. The molecule has 2 saturated heterocycles. The predicted molar refractivity (Wildman–Crippen MR) is 155 cm³/mol. The molecule has 12 heteroatoms. The number of hydrogen-bond donors (Lipinski definition) is 1. The van der Waals surface area contributed by atoms with E-state index in [0.717, 1.165) is 32.5 Å². The number of likely N-dealkylation sites (N-methyl/N-ethyl adjacent to an activating group) is 1. The Morgan fingerprint density at radius 1 is 1.12 bits per heavy atom. The number of hydrogen-bond acceptors (Lipinski definition) is 9. The molecule has 42 heavy (non-hydrogen) atoms. The second-order valence-electron chi connectivity index (χ2n) is 12.2. The van der Waals surface area contributed by atoms with Crippen LogP contribution in [0.5, 0.6) is 5.88 Å². The summed E-state index contributed by atoms with van der Waals surface area (Å²) in [6.45, 7) is 8.58. The fourth-order valence-electron chi connectivity index (χ4n) is 6.43. The average molecular weight is 584 g/mol. The van der Waals surface area contributed by atoms with E-state index in [1.165, 1.54) is 7.11 Å². The predicted octanol–water partition coefficient (Wildman–Crippen LogP) is 3.33. The Hall–Kier alpha value is -3.38. The summed E-state index contributed by atoms with van der Waals surface area (Å²) in [5.41, 5.74) is 2.13. The Morgan fingerprint density at radius 2 is 1.81 bits per heavy atom. The number of nitrogens with zero attached hydrogens (tertiary/aromatic N) is 6. The highest BCUT2D eigenvalue weighted by Crippen LogP contribution is 2.58. The van der Waals surface area contributed by atoms with E-state index in [9.17, 15) is 9.59 Å². The van der Waals surface area contributed by atoms with Gasteiger partial charge in [0.15, 0.2) is 11.6 Å². The van der Waals surface area contributed by atoms with Gasteiger partial charge in [-0.1, -0.05) is 39.0 Å². The molecule has 1 spiro atoms. The van der Waals surface area contributed by atoms with Gasteiger partial charge in [0.1, 0.15) is 6.61 Å². The van der Waals surface area contributed by atoms with Gasteiger partial charge in [0.2, 0.25) is 11.7 Å². The fourth-order valence-corrected chi connectivity index (χ4v) is 6.43. The van der Waals surface area contributed by atoms with Crippen LogP contribution >= 0.6 is 0 Å². The van der Waals surface area contributed by atoms with Crippen LogP contribution in [0.15, 0.2) is 30.3 Å². The SMILES string of the molecule is CCC1(F)N(c2nc(C(C)C)nnc2ONC(=O)c2ccccc2)CC12CCN(CC1(N(C)C(=O)COC)CC1)CC2. The summed E-state index contributed by atoms with van der Waals surface area (Å²) in [6.07, 6.45) is 3.59. The van der Waals surface area contributed by atoms with Gasteiger partial charge in [0.05, 0.1) is 5.54 Å². The molecule has 1 unspecified atom stereocenters. The van der Waals surface area contributed by atoms with Gasteiger partial charge in [-0.15, -0.1) is 10.2 Å². The van der Waals surface area contributed by atoms with Gasteiger partial charge in [-0.2, -0.15) is 5.48 Å². The lowest BCUT2D eigenvalue weighted by molar-refractivity contribution is -0.138. The number of carbonyl (C=O) groups excluding carboxylic acids is 2. The number of likely N-dealkylation sites (tertiary alicyclic amines) is 1. The molecule has 0 bridgehead atoms. The minimum Gasteiger partial charge on any atom is -0.375 e. The maximum absolute atomic E-state index is 17.1. The number of ether oxygens (including phenoxy) is 1. The Morgan fingerprint density at radius 3 is 2.40 bits per heavy atom. The van der Waals surface area contributed by atoms with Gasteiger partial charge in [0.25, 0.3) is 5.91 Å². The van der Waals surface area contributed by atoms with Crippen LogP contribution in [0.3, 0.4) is 0 Å². The van der Waals surface area contributed by atoms with Crippen molar-refractivity contribution in [1.29, 1.82) is 0 Å². The molecule has 228 valence electrons. The Labute approximate surface area is 246 Å². The lowest BCUT2D eigenvalue weighted by Crippen LogP contribution is -2.74. The number of aromatic nitrogens is 3. The molecule has 3 heterocycles. The van der Waals surface area contributed by atoms with Crippen molar-refractivity contribution in [3.8, 4) is 5.88 Å². The minimum absolute atomic E-state index is 0.0101. The number of piperidine rings is 1. The third kappa shape index (κ3) is 5.42. The van der Waals surface area contributed by atoms with E-state index < -0.39 is 17.1 Å². The standard InChI is InChI=1S/C30H42FN7O4/c1-6-30(31)28(14-16-37(17-15-28)20-29(12-13-29)36(4)23(39)18-41-5)19-38(30)25-27(34-33-24(32-25)21(2)3)42-35-26(40)22-10-8-7-9-11-22/h7-11,21H,6,12-20H2,1-5H3,(H,35,40). The quantitative estimate of drug-likeness (QED) is 0.314. The Kier molecular flexibility index (Phi) is 8.39. The summed E-state index contributed by atoms with van der Waals surface area (Å²) in [6, 6.07) is 8.67. The average Bonchev–Trinajstić information content (AvgIpc) is 3.79. The first-order valence-electron chi connectivity index (χ1n) is 14.8. The molecule has 2 aliphatic heterocycles. The normalized spacial score (nSPS) is 22.5. The molecule has 0 radical (unpaired) electrons. The molecule has 1 aliphatic carbocycles.